The van der Waals surface area contributed by atoms with E-state index in [1.165, 1.54) is 18.4 Å². The van der Waals surface area contributed by atoms with Gasteiger partial charge in [-0.1, -0.05) is 0 Å². The minimum atomic E-state index is -1.43. The van der Waals surface area contributed by atoms with Gasteiger partial charge in [0.2, 0.25) is 5.91 Å². The Hall–Kier alpha value is -3.64. The summed E-state index contributed by atoms with van der Waals surface area (Å²) in [6.45, 7) is 1.30. The molecule has 3 aromatic rings. The number of ether oxygens (including phenoxy) is 1. The summed E-state index contributed by atoms with van der Waals surface area (Å²) in [4.78, 5) is 44.4. The van der Waals surface area contributed by atoms with Crippen molar-refractivity contribution < 1.29 is 37.5 Å². The van der Waals surface area contributed by atoms with Crippen molar-refractivity contribution in [3.63, 3.8) is 0 Å². The summed E-state index contributed by atoms with van der Waals surface area (Å²) < 4.78 is 34.6. The highest BCUT2D eigenvalue weighted by molar-refractivity contribution is 7.18. The van der Waals surface area contributed by atoms with Crippen molar-refractivity contribution in [3.05, 3.63) is 57.6 Å². The number of carbonyl (C=O) groups excluding carboxylic acids is 3. The van der Waals surface area contributed by atoms with E-state index in [1.54, 1.807) is 17.0 Å². The largest absolute Gasteiger partial charge is 0.550 e. The lowest BCUT2D eigenvalue weighted by atomic mass is 9.80. The maximum absolute atomic E-state index is 13.8. The molecule has 2 aromatic carbocycles. The topological polar surface area (TPSA) is 112 Å². The summed E-state index contributed by atoms with van der Waals surface area (Å²) in [6, 6.07) is 5.82. The van der Waals surface area contributed by atoms with E-state index >= 15 is 0 Å². The zero-order chi connectivity index (χ0) is 29.0. The summed E-state index contributed by atoms with van der Waals surface area (Å²) in [7, 11) is 7.79. The summed E-state index contributed by atoms with van der Waals surface area (Å²) in [5.41, 5.74) is 0.351. The van der Waals surface area contributed by atoms with E-state index in [0.29, 0.717) is 52.1 Å². The van der Waals surface area contributed by atoms with Crippen molar-refractivity contribution in [2.75, 3.05) is 41.3 Å². The van der Waals surface area contributed by atoms with E-state index in [4.69, 9.17) is 4.74 Å². The molecule has 9 nitrogen and oxygen atoms in total. The molecule has 1 saturated heterocycles. The van der Waals surface area contributed by atoms with Crippen LogP contribution in [-0.2, 0) is 29.0 Å². The Morgan fingerprint density at radius 1 is 1.12 bits per heavy atom. The second-order valence-corrected chi connectivity index (χ2v) is 12.6. The number of quaternary nitrogens is 1. The van der Waals surface area contributed by atoms with Crippen LogP contribution in [0.25, 0.3) is 10.2 Å². The Morgan fingerprint density at radius 3 is 2.30 bits per heavy atom. The van der Waals surface area contributed by atoms with Gasteiger partial charge in [0.05, 0.1) is 69.1 Å². The standard InChI is InChI=1S/C28H30F2N4O5S/c1-34(2,3)17-13-33(14-17)26(37)18-7-21-23(8-22(18)39-4)40-24(32-21)12-31-27(38)28(11-25(35)36)9-15-5-19(29)20(30)6-16(15)10-28/h5-8,17H,9-14H2,1-4H3,(H-,31,35,36,38). The number of thiazole rings is 1. The summed E-state index contributed by atoms with van der Waals surface area (Å²) in [6.07, 6.45) is -0.689. The average molecular weight is 573 g/mol. The molecule has 1 fully saturated rings. The van der Waals surface area contributed by atoms with Crippen molar-refractivity contribution in [1.82, 2.24) is 15.2 Å². The third-order valence-electron chi connectivity index (χ3n) is 7.89. The van der Waals surface area contributed by atoms with Gasteiger partial charge in [-0.15, -0.1) is 11.3 Å². The second kappa shape index (κ2) is 10.1. The normalized spacial score (nSPS) is 16.5. The number of nitrogens with one attached hydrogen (secondary N) is 1. The zero-order valence-corrected chi connectivity index (χ0v) is 23.5. The number of halogens is 2. The maximum Gasteiger partial charge on any atom is 0.258 e. The van der Waals surface area contributed by atoms with Crippen molar-refractivity contribution in [2.45, 2.75) is 31.8 Å². The van der Waals surface area contributed by atoms with E-state index in [1.807, 2.05) is 0 Å². The molecule has 0 spiro atoms. The average Bonchev–Trinajstić information content (AvgIpc) is 3.39. The van der Waals surface area contributed by atoms with Gasteiger partial charge in [0.1, 0.15) is 16.8 Å². The third-order valence-corrected chi connectivity index (χ3v) is 8.91. The molecule has 0 bridgehead atoms. The number of hydrogen-bond donors (Lipinski definition) is 1. The van der Waals surface area contributed by atoms with E-state index in [9.17, 15) is 28.3 Å². The molecule has 1 aromatic heterocycles. The van der Waals surface area contributed by atoms with E-state index < -0.39 is 35.3 Å². The van der Waals surface area contributed by atoms with Crippen molar-refractivity contribution in [2.24, 2.45) is 5.41 Å². The molecule has 40 heavy (non-hydrogen) atoms. The minimum absolute atomic E-state index is 0.00887. The lowest BCUT2D eigenvalue weighted by Gasteiger charge is -2.46. The van der Waals surface area contributed by atoms with Crippen LogP contribution in [0, 0.1) is 17.0 Å². The van der Waals surface area contributed by atoms with Crippen LogP contribution in [0.1, 0.15) is 32.9 Å². The zero-order valence-electron chi connectivity index (χ0n) is 22.7. The number of benzene rings is 2. The number of carbonyl (C=O) groups is 3. The first kappa shape index (κ1) is 27.9. The van der Waals surface area contributed by atoms with Crippen LogP contribution < -0.4 is 15.2 Å². The van der Waals surface area contributed by atoms with Gasteiger partial charge in [-0.05, 0) is 42.2 Å². The highest BCUT2D eigenvalue weighted by Gasteiger charge is 2.44. The maximum atomic E-state index is 13.8. The van der Waals surface area contributed by atoms with Gasteiger partial charge in [-0.3, -0.25) is 9.59 Å². The van der Waals surface area contributed by atoms with Crippen molar-refractivity contribution >= 4 is 39.3 Å². The van der Waals surface area contributed by atoms with E-state index in [0.717, 1.165) is 21.3 Å². The molecule has 0 radical (unpaired) electrons. The summed E-state index contributed by atoms with van der Waals surface area (Å²) >= 11 is 1.31. The monoisotopic (exact) mass is 572 g/mol. The smallest absolute Gasteiger partial charge is 0.258 e. The predicted octanol–water partition coefficient (Wildman–Crippen LogP) is 1.66. The number of nitrogens with zero attached hydrogens (tertiary/aromatic N) is 3. The van der Waals surface area contributed by atoms with Gasteiger partial charge in [0.25, 0.3) is 5.91 Å². The number of aliphatic carboxylic acids is 1. The molecule has 1 aliphatic carbocycles. The lowest BCUT2D eigenvalue weighted by Crippen LogP contribution is -2.65. The molecule has 12 heteroatoms. The number of amides is 2. The Labute approximate surface area is 233 Å². The molecule has 0 unspecified atom stereocenters. The molecule has 2 amide bonds. The number of methoxy groups -OCH3 is 1. The number of likely N-dealkylation sites (tertiary alicyclic amines) is 1. The van der Waals surface area contributed by atoms with Gasteiger partial charge in [-0.25, -0.2) is 13.8 Å². The van der Waals surface area contributed by atoms with Gasteiger partial charge in [0, 0.05) is 18.5 Å². The first-order valence-electron chi connectivity index (χ1n) is 12.8. The molecular formula is C28H30F2N4O5S. The lowest BCUT2D eigenvalue weighted by molar-refractivity contribution is -0.900. The summed E-state index contributed by atoms with van der Waals surface area (Å²) in [5.74, 6) is -3.79. The van der Waals surface area contributed by atoms with Crippen LogP contribution in [-0.4, -0.2) is 79.5 Å². The number of aromatic nitrogens is 1. The Kier molecular flexibility index (Phi) is 7.03. The molecule has 0 saturated carbocycles. The molecular weight excluding hydrogens is 542 g/mol. The number of hydrogen-bond acceptors (Lipinski definition) is 7. The fourth-order valence-corrected chi connectivity index (χ4v) is 6.35. The molecule has 1 N–H and O–H groups in total. The fraction of sp³-hybridized carbons (Fsp3) is 0.429. The molecule has 1 aliphatic heterocycles. The highest BCUT2D eigenvalue weighted by Crippen LogP contribution is 2.41. The number of fused-ring (bicyclic) bond motifs is 2. The summed E-state index contributed by atoms with van der Waals surface area (Å²) in [5, 5.41) is 14.8. The molecule has 212 valence electrons. The number of likely N-dealkylation sites (N-methyl/N-ethyl adjacent to an activating group) is 1. The fourth-order valence-electron chi connectivity index (χ4n) is 5.43. The van der Waals surface area contributed by atoms with Crippen LogP contribution in [0.2, 0.25) is 0 Å². The van der Waals surface area contributed by atoms with Gasteiger partial charge < -0.3 is 29.3 Å². The van der Waals surface area contributed by atoms with Gasteiger partial charge in [-0.2, -0.15) is 0 Å². The Bertz CT molecular complexity index is 1500. The SMILES string of the molecule is COc1cc2sc(CNC(=O)C3(CC(=O)[O-])Cc4cc(F)c(F)cc4C3)nc2cc1C(=O)N1CC([N+](C)(C)C)C1. The van der Waals surface area contributed by atoms with Crippen molar-refractivity contribution in [1.29, 1.82) is 0 Å². The molecule has 2 aliphatic rings. The second-order valence-electron chi connectivity index (χ2n) is 11.5. The highest BCUT2D eigenvalue weighted by atomic mass is 32.1. The number of carboxylic acid groups (broad SMARTS) is 1. The first-order valence-corrected chi connectivity index (χ1v) is 13.6. The van der Waals surface area contributed by atoms with Crippen LogP contribution in [0.4, 0.5) is 8.78 Å². The number of carboxylic acids is 1. The third kappa shape index (κ3) is 5.13. The molecule has 2 heterocycles. The molecule has 5 rings (SSSR count). The predicted molar refractivity (Wildman–Crippen MR) is 142 cm³/mol. The minimum Gasteiger partial charge on any atom is -0.550 e. The molecule has 0 atom stereocenters. The van der Waals surface area contributed by atoms with Crippen molar-refractivity contribution in [3.8, 4) is 5.75 Å². The van der Waals surface area contributed by atoms with Crippen LogP contribution in [0.15, 0.2) is 24.3 Å². The Balaban J connectivity index is 1.32. The van der Waals surface area contributed by atoms with Gasteiger partial charge >= 0.3 is 0 Å². The van der Waals surface area contributed by atoms with Crippen LogP contribution in [0.5, 0.6) is 5.75 Å². The van der Waals surface area contributed by atoms with Crippen LogP contribution in [0.3, 0.4) is 0 Å². The first-order chi connectivity index (χ1) is 18.8. The van der Waals surface area contributed by atoms with Gasteiger partial charge in [0.15, 0.2) is 11.6 Å². The van der Waals surface area contributed by atoms with Crippen LogP contribution >= 0.6 is 11.3 Å². The number of rotatable bonds is 8. The quantitative estimate of drug-likeness (QED) is 0.411. The van der Waals surface area contributed by atoms with E-state index in [2.05, 4.69) is 31.4 Å². The van der Waals surface area contributed by atoms with E-state index in [-0.39, 0.29) is 25.3 Å². The Morgan fingerprint density at radius 2 is 1.75 bits per heavy atom.